The number of fused-ring (bicyclic) bond motifs is 1. The number of aryl methyl sites for hydroxylation is 1. The molecule has 1 heterocycles. The van der Waals surface area contributed by atoms with Gasteiger partial charge in [-0.3, -0.25) is 0 Å². The van der Waals surface area contributed by atoms with Crippen LogP contribution in [0.25, 0.3) is 10.9 Å². The van der Waals surface area contributed by atoms with Crippen molar-refractivity contribution in [2.24, 2.45) is 5.92 Å². The second-order valence-corrected chi connectivity index (χ2v) is 10.5. The number of pyridine rings is 1. The maximum Gasteiger partial charge on any atom is 0.212 e. The SMILES string of the molecule is [I-].c1ccc2c(c1)cc(SC1CCCCC1)c[n+]2CCCCCC1CCCCC1. The average Bonchev–Trinajstić information content (AvgIpc) is 2.75. The molecule has 1 nitrogen and oxygen atoms in total. The van der Waals surface area contributed by atoms with E-state index in [0.29, 0.717) is 0 Å². The highest BCUT2D eigenvalue weighted by atomic mass is 127. The van der Waals surface area contributed by atoms with Gasteiger partial charge in [0, 0.05) is 23.1 Å². The van der Waals surface area contributed by atoms with Gasteiger partial charge in [-0.05, 0) is 37.3 Å². The average molecular weight is 524 g/mol. The Labute approximate surface area is 199 Å². The summed E-state index contributed by atoms with van der Waals surface area (Å²) < 4.78 is 2.54. The first-order chi connectivity index (χ1) is 13.9. The number of nitrogens with zero attached hydrogens (tertiary/aromatic N) is 1. The molecule has 0 radical (unpaired) electrons. The van der Waals surface area contributed by atoms with Crippen LogP contribution in [0.1, 0.15) is 89.9 Å². The Bertz CT molecular complexity index is 735. The minimum atomic E-state index is 0. The third-order valence-corrected chi connectivity index (χ3v) is 8.22. The number of hydrogen-bond acceptors (Lipinski definition) is 1. The minimum absolute atomic E-state index is 0. The summed E-state index contributed by atoms with van der Waals surface area (Å²) in [6.07, 6.45) is 22.6. The number of rotatable bonds is 8. The van der Waals surface area contributed by atoms with Crippen LogP contribution in [-0.4, -0.2) is 5.25 Å². The number of halogens is 1. The molecule has 1 aromatic heterocycles. The van der Waals surface area contributed by atoms with Gasteiger partial charge in [-0.2, -0.15) is 4.57 Å². The number of thioether (sulfide) groups is 1. The highest BCUT2D eigenvalue weighted by Crippen LogP contribution is 2.34. The zero-order valence-corrected chi connectivity index (χ0v) is 20.9. The molecule has 0 N–H and O–H groups in total. The molecule has 1 aromatic carbocycles. The van der Waals surface area contributed by atoms with Gasteiger partial charge in [0.2, 0.25) is 5.52 Å². The summed E-state index contributed by atoms with van der Waals surface area (Å²) >= 11 is 2.14. The van der Waals surface area contributed by atoms with E-state index in [9.17, 15) is 0 Å². The molecule has 0 atom stereocenters. The molecule has 2 aliphatic rings. The lowest BCUT2D eigenvalue weighted by molar-refractivity contribution is -0.673. The van der Waals surface area contributed by atoms with Crippen LogP contribution in [0.3, 0.4) is 0 Å². The molecule has 2 aliphatic carbocycles. The second kappa shape index (κ2) is 12.5. The van der Waals surface area contributed by atoms with Crippen molar-refractivity contribution in [2.75, 3.05) is 0 Å². The second-order valence-electron chi connectivity index (χ2n) is 9.16. The first kappa shape index (κ1) is 23.4. The predicted octanol–water partition coefficient (Wildman–Crippen LogP) is 4.70. The summed E-state index contributed by atoms with van der Waals surface area (Å²) in [6.45, 7) is 1.17. The highest BCUT2D eigenvalue weighted by Gasteiger charge is 2.18. The molecular formula is C26H38INS. The monoisotopic (exact) mass is 523 g/mol. The Kier molecular flexibility index (Phi) is 10.1. The van der Waals surface area contributed by atoms with Gasteiger partial charge in [-0.15, -0.1) is 11.8 Å². The van der Waals surface area contributed by atoms with E-state index in [1.165, 1.54) is 112 Å². The molecule has 2 aromatic rings. The van der Waals surface area contributed by atoms with Crippen molar-refractivity contribution >= 4 is 22.7 Å². The van der Waals surface area contributed by atoms with Crippen molar-refractivity contribution in [3.8, 4) is 0 Å². The zero-order valence-electron chi connectivity index (χ0n) is 18.0. The van der Waals surface area contributed by atoms with Crippen molar-refractivity contribution in [3.05, 3.63) is 36.5 Å². The Balaban J connectivity index is 0.00000240. The van der Waals surface area contributed by atoms with Gasteiger partial charge in [0.15, 0.2) is 6.20 Å². The molecule has 0 bridgehead atoms. The van der Waals surface area contributed by atoms with E-state index in [1.807, 2.05) is 0 Å². The number of aromatic nitrogens is 1. The topological polar surface area (TPSA) is 3.88 Å². The molecule has 0 amide bonds. The van der Waals surface area contributed by atoms with Gasteiger partial charge in [-0.1, -0.05) is 76.3 Å². The lowest BCUT2D eigenvalue weighted by Crippen LogP contribution is -3.00. The van der Waals surface area contributed by atoms with Gasteiger partial charge in [0.1, 0.15) is 6.54 Å². The summed E-state index contributed by atoms with van der Waals surface area (Å²) in [5.74, 6) is 1.04. The third-order valence-electron chi connectivity index (χ3n) is 6.92. The van der Waals surface area contributed by atoms with E-state index in [0.717, 1.165) is 11.2 Å². The summed E-state index contributed by atoms with van der Waals surface area (Å²) in [5.41, 5.74) is 1.41. The Morgan fingerprint density at radius 3 is 2.34 bits per heavy atom. The molecule has 4 rings (SSSR count). The van der Waals surface area contributed by atoms with E-state index in [1.54, 1.807) is 0 Å². The van der Waals surface area contributed by atoms with Gasteiger partial charge >= 0.3 is 0 Å². The van der Waals surface area contributed by atoms with Gasteiger partial charge in [0.05, 0.1) is 4.90 Å². The van der Waals surface area contributed by atoms with Crippen molar-refractivity contribution in [3.63, 3.8) is 0 Å². The Hall–Kier alpha value is -0.290. The molecule has 160 valence electrons. The number of benzene rings is 1. The van der Waals surface area contributed by atoms with Crippen LogP contribution >= 0.6 is 11.8 Å². The third kappa shape index (κ3) is 7.12. The number of para-hydroxylation sites is 1. The summed E-state index contributed by atoms with van der Waals surface area (Å²) in [6, 6.07) is 11.4. The lowest BCUT2D eigenvalue weighted by atomic mass is 9.85. The molecule has 0 aliphatic heterocycles. The molecule has 0 unspecified atom stereocenters. The smallest absolute Gasteiger partial charge is 0.212 e. The molecular weight excluding hydrogens is 485 g/mol. The summed E-state index contributed by atoms with van der Waals surface area (Å²) in [5, 5.41) is 2.24. The van der Waals surface area contributed by atoms with Crippen LogP contribution in [0, 0.1) is 5.92 Å². The maximum absolute atomic E-state index is 2.54. The van der Waals surface area contributed by atoms with E-state index < -0.39 is 0 Å². The van der Waals surface area contributed by atoms with Gasteiger partial charge in [0.25, 0.3) is 0 Å². The van der Waals surface area contributed by atoms with Crippen LogP contribution in [0.15, 0.2) is 41.4 Å². The molecule has 0 saturated heterocycles. The Morgan fingerprint density at radius 2 is 1.55 bits per heavy atom. The number of hydrogen-bond donors (Lipinski definition) is 0. The first-order valence-electron chi connectivity index (χ1n) is 12.0. The standard InChI is InChI=1S/C26H38NS.HI/c1-4-12-22(13-5-1)14-6-3-11-19-27-21-25(28-24-16-7-2-8-17-24)20-23-15-9-10-18-26(23)27;/h9-10,15,18,20-22,24H,1-8,11-14,16-17,19H2;1H/q+1;/p-1. The van der Waals surface area contributed by atoms with E-state index >= 15 is 0 Å². The van der Waals surface area contributed by atoms with E-state index in [4.69, 9.17) is 0 Å². The lowest BCUT2D eigenvalue weighted by Gasteiger charge is -2.21. The summed E-state index contributed by atoms with van der Waals surface area (Å²) in [4.78, 5) is 1.48. The van der Waals surface area contributed by atoms with Crippen LogP contribution in [0.5, 0.6) is 0 Å². The van der Waals surface area contributed by atoms with Crippen LogP contribution in [0.2, 0.25) is 0 Å². The highest BCUT2D eigenvalue weighted by molar-refractivity contribution is 8.00. The molecule has 29 heavy (non-hydrogen) atoms. The zero-order chi connectivity index (χ0) is 19.0. The maximum atomic E-state index is 2.54. The van der Waals surface area contributed by atoms with Gasteiger partial charge in [-0.25, -0.2) is 0 Å². The van der Waals surface area contributed by atoms with Crippen molar-refractivity contribution in [2.45, 2.75) is 107 Å². The van der Waals surface area contributed by atoms with Gasteiger partial charge < -0.3 is 24.0 Å². The first-order valence-corrected chi connectivity index (χ1v) is 12.9. The molecule has 3 heteroatoms. The predicted molar refractivity (Wildman–Crippen MR) is 122 cm³/mol. The number of unbranched alkanes of at least 4 members (excludes halogenated alkanes) is 2. The molecule has 2 saturated carbocycles. The van der Waals surface area contributed by atoms with Crippen LogP contribution in [0.4, 0.5) is 0 Å². The van der Waals surface area contributed by atoms with E-state index in [-0.39, 0.29) is 24.0 Å². The van der Waals surface area contributed by atoms with Crippen molar-refractivity contribution in [1.82, 2.24) is 0 Å². The van der Waals surface area contributed by atoms with Crippen LogP contribution in [-0.2, 0) is 6.54 Å². The quantitative estimate of drug-likeness (QED) is 0.276. The van der Waals surface area contributed by atoms with Crippen molar-refractivity contribution in [1.29, 1.82) is 0 Å². The Morgan fingerprint density at radius 1 is 0.828 bits per heavy atom. The normalized spacial score (nSPS) is 18.6. The fraction of sp³-hybridized carbons (Fsp3) is 0.654. The molecule has 2 fully saturated rings. The van der Waals surface area contributed by atoms with Crippen molar-refractivity contribution < 1.29 is 28.5 Å². The molecule has 0 spiro atoms. The van der Waals surface area contributed by atoms with Crippen LogP contribution < -0.4 is 28.5 Å². The fourth-order valence-corrected chi connectivity index (χ4v) is 6.61. The van der Waals surface area contributed by atoms with E-state index in [2.05, 4.69) is 52.9 Å². The fourth-order valence-electron chi connectivity index (χ4n) is 5.28. The largest absolute Gasteiger partial charge is 1.00 e. The minimum Gasteiger partial charge on any atom is -1.00 e. The summed E-state index contributed by atoms with van der Waals surface area (Å²) in [7, 11) is 0.